The molecule has 2 aromatic rings. The van der Waals surface area contributed by atoms with Gasteiger partial charge in [0.15, 0.2) is 5.78 Å². The molecule has 0 amide bonds. The van der Waals surface area contributed by atoms with Crippen molar-refractivity contribution in [3.05, 3.63) is 46.4 Å². The number of halogens is 2. The van der Waals surface area contributed by atoms with E-state index in [0.29, 0.717) is 5.56 Å². The zero-order valence-corrected chi connectivity index (χ0v) is 12.9. The van der Waals surface area contributed by atoms with Crippen LogP contribution in [-0.2, 0) is 4.79 Å². The van der Waals surface area contributed by atoms with E-state index in [1.807, 2.05) is 24.3 Å². The summed E-state index contributed by atoms with van der Waals surface area (Å²) in [4.78, 5) is 22.2. The summed E-state index contributed by atoms with van der Waals surface area (Å²) in [5, 5.41) is 10.5. The second-order valence-electron chi connectivity index (χ2n) is 4.07. The molecule has 98 valence electrons. The van der Waals surface area contributed by atoms with Gasteiger partial charge in [-0.25, -0.2) is 0 Å². The van der Waals surface area contributed by atoms with Gasteiger partial charge in [-0.05, 0) is 22.9 Å². The van der Waals surface area contributed by atoms with Crippen molar-refractivity contribution in [3.63, 3.8) is 0 Å². The predicted molar refractivity (Wildman–Crippen MR) is 80.9 cm³/mol. The molecule has 0 bridgehead atoms. The zero-order valence-electron chi connectivity index (χ0n) is 9.77. The third kappa shape index (κ3) is 3.04. The van der Waals surface area contributed by atoms with Crippen LogP contribution in [-0.4, -0.2) is 21.7 Å². The summed E-state index contributed by atoms with van der Waals surface area (Å²) >= 11 is 6.58. The Kier molecular flexibility index (Phi) is 4.37. The Morgan fingerprint density at radius 3 is 2.37 bits per heavy atom. The average molecular weight is 386 g/mol. The van der Waals surface area contributed by atoms with Gasteiger partial charge in [-0.15, -0.1) is 0 Å². The van der Waals surface area contributed by atoms with E-state index in [-0.39, 0.29) is 12.2 Å². The number of benzene rings is 2. The van der Waals surface area contributed by atoms with E-state index in [1.165, 1.54) is 0 Å². The summed E-state index contributed by atoms with van der Waals surface area (Å²) in [7, 11) is 0. The number of rotatable bonds is 4. The molecule has 0 fully saturated rings. The monoisotopic (exact) mass is 384 g/mol. The lowest BCUT2D eigenvalue weighted by Gasteiger charge is -2.10. The molecule has 19 heavy (non-hydrogen) atoms. The Morgan fingerprint density at radius 1 is 1.11 bits per heavy atom. The molecular formula is C14H10Br2O3. The fraction of sp³-hybridized carbons (Fsp3) is 0.143. The quantitative estimate of drug-likeness (QED) is 0.638. The van der Waals surface area contributed by atoms with Crippen molar-refractivity contribution in [1.82, 2.24) is 0 Å². The van der Waals surface area contributed by atoms with Gasteiger partial charge in [0.1, 0.15) is 0 Å². The summed E-state index contributed by atoms with van der Waals surface area (Å²) < 4.78 is 0.906. The normalized spacial score (nSPS) is 12.3. The molecule has 0 aliphatic rings. The van der Waals surface area contributed by atoms with E-state index in [4.69, 9.17) is 5.11 Å². The third-order valence-corrected chi connectivity index (χ3v) is 4.21. The predicted octanol–water partition coefficient (Wildman–Crippen LogP) is 4.02. The minimum Gasteiger partial charge on any atom is -0.481 e. The standard InChI is InChI=1S/C14H10Br2O3/c15-11-6-5-10(8-3-1-2-4-9(8)11)14(19)12(16)7-13(17)18/h1-6,12H,7H2,(H,17,18). The number of ketones is 1. The number of Topliss-reactive ketones (excluding diaryl/α,β-unsaturated/α-hetero) is 1. The largest absolute Gasteiger partial charge is 0.481 e. The number of hydrogen-bond donors (Lipinski definition) is 1. The van der Waals surface area contributed by atoms with Crippen LogP contribution >= 0.6 is 31.9 Å². The molecular weight excluding hydrogens is 376 g/mol. The molecule has 1 atom stereocenters. The number of carboxylic acids is 1. The third-order valence-electron chi connectivity index (χ3n) is 2.77. The highest BCUT2D eigenvalue weighted by Crippen LogP contribution is 2.28. The van der Waals surface area contributed by atoms with Crippen molar-refractivity contribution in [2.45, 2.75) is 11.2 Å². The summed E-state index contributed by atoms with van der Waals surface area (Å²) in [5.74, 6) is -1.22. The number of fused-ring (bicyclic) bond motifs is 1. The minimum absolute atomic E-state index is 0.217. The van der Waals surface area contributed by atoms with Crippen molar-refractivity contribution in [1.29, 1.82) is 0 Å². The fourth-order valence-corrected chi connectivity index (χ4v) is 2.89. The molecule has 0 heterocycles. The lowest BCUT2D eigenvalue weighted by molar-refractivity contribution is -0.136. The highest BCUT2D eigenvalue weighted by molar-refractivity contribution is 9.10. The zero-order chi connectivity index (χ0) is 14.0. The molecule has 5 heteroatoms. The molecule has 1 unspecified atom stereocenters. The maximum Gasteiger partial charge on any atom is 0.304 e. The number of aliphatic carboxylic acids is 1. The van der Waals surface area contributed by atoms with Crippen molar-refractivity contribution in [2.75, 3.05) is 0 Å². The molecule has 0 aromatic heterocycles. The van der Waals surface area contributed by atoms with E-state index in [1.54, 1.807) is 12.1 Å². The van der Waals surface area contributed by atoms with E-state index >= 15 is 0 Å². The van der Waals surface area contributed by atoms with Crippen LogP contribution in [0.1, 0.15) is 16.8 Å². The average Bonchev–Trinajstić information content (AvgIpc) is 2.38. The Hall–Kier alpha value is -1.20. The Morgan fingerprint density at radius 2 is 1.74 bits per heavy atom. The van der Waals surface area contributed by atoms with Crippen molar-refractivity contribution in [3.8, 4) is 0 Å². The molecule has 3 nitrogen and oxygen atoms in total. The van der Waals surface area contributed by atoms with Gasteiger partial charge >= 0.3 is 5.97 Å². The van der Waals surface area contributed by atoms with Gasteiger partial charge in [0.05, 0.1) is 11.2 Å². The molecule has 0 saturated heterocycles. The highest BCUT2D eigenvalue weighted by Gasteiger charge is 2.21. The maximum absolute atomic E-state index is 12.3. The number of carboxylic acid groups (broad SMARTS) is 1. The SMILES string of the molecule is O=C(O)CC(Br)C(=O)c1ccc(Br)c2ccccc12. The van der Waals surface area contributed by atoms with Crippen molar-refractivity contribution >= 4 is 54.4 Å². The second kappa shape index (κ2) is 5.84. The summed E-state index contributed by atoms with van der Waals surface area (Å²) in [5.41, 5.74) is 0.530. The second-order valence-corrected chi connectivity index (χ2v) is 6.03. The first kappa shape index (κ1) is 14.2. The van der Waals surface area contributed by atoms with Gasteiger partial charge < -0.3 is 5.11 Å². The molecule has 2 rings (SSSR count). The number of carbonyl (C=O) groups excluding carboxylic acids is 1. The van der Waals surface area contributed by atoms with Crippen LogP contribution in [0.15, 0.2) is 40.9 Å². The minimum atomic E-state index is -1.00. The Balaban J connectivity index is 2.48. The molecule has 0 spiro atoms. The first-order valence-corrected chi connectivity index (χ1v) is 7.29. The van der Waals surface area contributed by atoms with E-state index < -0.39 is 10.8 Å². The van der Waals surface area contributed by atoms with Crippen LogP contribution in [0.3, 0.4) is 0 Å². The van der Waals surface area contributed by atoms with Gasteiger partial charge in [-0.2, -0.15) is 0 Å². The van der Waals surface area contributed by atoms with Gasteiger partial charge in [0, 0.05) is 10.0 Å². The summed E-state index contributed by atoms with van der Waals surface area (Å²) in [6.07, 6.45) is -0.233. The van der Waals surface area contributed by atoms with Crippen LogP contribution in [0, 0.1) is 0 Å². The van der Waals surface area contributed by atoms with Gasteiger partial charge in [0.2, 0.25) is 0 Å². The van der Waals surface area contributed by atoms with Gasteiger partial charge in [-0.1, -0.05) is 56.1 Å². The molecule has 0 saturated carbocycles. The van der Waals surface area contributed by atoms with E-state index in [2.05, 4.69) is 31.9 Å². The van der Waals surface area contributed by atoms with E-state index in [0.717, 1.165) is 15.2 Å². The van der Waals surface area contributed by atoms with Crippen LogP contribution in [0.4, 0.5) is 0 Å². The lowest BCUT2D eigenvalue weighted by Crippen LogP contribution is -2.18. The molecule has 0 radical (unpaired) electrons. The maximum atomic E-state index is 12.3. The smallest absolute Gasteiger partial charge is 0.304 e. The molecule has 1 N–H and O–H groups in total. The Labute approximate surface area is 126 Å². The van der Waals surface area contributed by atoms with Crippen LogP contribution < -0.4 is 0 Å². The number of hydrogen-bond acceptors (Lipinski definition) is 2. The molecule has 0 aliphatic heterocycles. The fourth-order valence-electron chi connectivity index (χ4n) is 1.89. The Bertz CT molecular complexity index is 652. The van der Waals surface area contributed by atoms with Crippen LogP contribution in [0.2, 0.25) is 0 Å². The summed E-state index contributed by atoms with van der Waals surface area (Å²) in [6.45, 7) is 0. The number of alkyl halides is 1. The van der Waals surface area contributed by atoms with Gasteiger partial charge in [-0.3, -0.25) is 9.59 Å². The first-order valence-electron chi connectivity index (χ1n) is 5.58. The lowest BCUT2D eigenvalue weighted by atomic mass is 9.99. The van der Waals surface area contributed by atoms with Crippen LogP contribution in [0.25, 0.3) is 10.8 Å². The highest BCUT2D eigenvalue weighted by atomic mass is 79.9. The first-order chi connectivity index (χ1) is 9.00. The van der Waals surface area contributed by atoms with E-state index in [9.17, 15) is 9.59 Å². The van der Waals surface area contributed by atoms with Crippen molar-refractivity contribution < 1.29 is 14.7 Å². The molecule has 2 aromatic carbocycles. The van der Waals surface area contributed by atoms with Gasteiger partial charge in [0.25, 0.3) is 0 Å². The summed E-state index contributed by atoms with van der Waals surface area (Å²) in [6, 6.07) is 11.0. The topological polar surface area (TPSA) is 54.4 Å². The van der Waals surface area contributed by atoms with Crippen molar-refractivity contribution in [2.24, 2.45) is 0 Å². The number of carbonyl (C=O) groups is 2. The molecule has 0 aliphatic carbocycles. The van der Waals surface area contributed by atoms with Crippen LogP contribution in [0.5, 0.6) is 0 Å².